The third-order valence-corrected chi connectivity index (χ3v) is 3.13. The van der Waals surface area contributed by atoms with Crippen molar-refractivity contribution in [2.45, 2.75) is 32.1 Å². The minimum absolute atomic E-state index is 0.311. The number of β-amino-alcohol motifs (C(OH)–C–C–N with tert-alkyl or cyclic N) is 1. The van der Waals surface area contributed by atoms with Crippen LogP contribution in [-0.4, -0.2) is 29.9 Å². The molecule has 0 saturated heterocycles. The Bertz CT molecular complexity index is 354. The number of terminal acetylenes is 1. The van der Waals surface area contributed by atoms with E-state index >= 15 is 0 Å². The van der Waals surface area contributed by atoms with Crippen LogP contribution in [0.15, 0.2) is 17.5 Å². The van der Waals surface area contributed by atoms with E-state index in [1.165, 1.54) is 0 Å². The van der Waals surface area contributed by atoms with E-state index in [4.69, 9.17) is 11.2 Å². The quantitative estimate of drug-likeness (QED) is 0.726. The molecular weight excluding hydrogens is 234 g/mol. The average molecular weight is 253 g/mol. The normalized spacial score (nSPS) is 13.3. The van der Waals surface area contributed by atoms with Gasteiger partial charge in [-0.15, -0.1) is 17.8 Å². The SMILES string of the molecule is C#CC(C)(C)NCC(O)COCc1cccs1. The van der Waals surface area contributed by atoms with Gasteiger partial charge in [0.05, 0.1) is 24.9 Å². The summed E-state index contributed by atoms with van der Waals surface area (Å²) in [5.74, 6) is 2.61. The lowest BCUT2D eigenvalue weighted by molar-refractivity contribution is 0.0279. The van der Waals surface area contributed by atoms with Crippen molar-refractivity contribution >= 4 is 11.3 Å². The highest BCUT2D eigenvalue weighted by atomic mass is 32.1. The Morgan fingerprint density at radius 1 is 1.65 bits per heavy atom. The highest BCUT2D eigenvalue weighted by Gasteiger charge is 2.14. The molecule has 0 radical (unpaired) electrons. The van der Waals surface area contributed by atoms with Gasteiger partial charge in [-0.3, -0.25) is 5.32 Å². The fourth-order valence-corrected chi connectivity index (χ4v) is 1.81. The van der Waals surface area contributed by atoms with Gasteiger partial charge in [-0.2, -0.15) is 0 Å². The zero-order chi connectivity index (χ0) is 12.7. The zero-order valence-electron chi connectivity index (χ0n) is 10.3. The molecule has 0 spiro atoms. The average Bonchev–Trinajstić information content (AvgIpc) is 2.80. The Hall–Kier alpha value is -0.860. The van der Waals surface area contributed by atoms with Crippen molar-refractivity contribution in [3.05, 3.63) is 22.4 Å². The molecule has 94 valence electrons. The topological polar surface area (TPSA) is 41.5 Å². The Kier molecular flexibility index (Phi) is 5.66. The third kappa shape index (κ3) is 5.85. The van der Waals surface area contributed by atoms with Gasteiger partial charge in [0.15, 0.2) is 0 Å². The fraction of sp³-hybridized carbons (Fsp3) is 0.538. The van der Waals surface area contributed by atoms with E-state index in [1.807, 2.05) is 31.4 Å². The van der Waals surface area contributed by atoms with E-state index in [1.54, 1.807) is 11.3 Å². The minimum atomic E-state index is -0.539. The maximum atomic E-state index is 9.68. The number of ether oxygens (including phenoxy) is 1. The molecule has 1 aromatic heterocycles. The van der Waals surface area contributed by atoms with Crippen LogP contribution in [0.1, 0.15) is 18.7 Å². The van der Waals surface area contributed by atoms with Crippen molar-refractivity contribution in [2.24, 2.45) is 0 Å². The van der Waals surface area contributed by atoms with Crippen molar-refractivity contribution in [1.82, 2.24) is 5.32 Å². The third-order valence-electron chi connectivity index (χ3n) is 2.28. The molecule has 3 nitrogen and oxygen atoms in total. The van der Waals surface area contributed by atoms with Gasteiger partial charge < -0.3 is 9.84 Å². The Morgan fingerprint density at radius 2 is 2.41 bits per heavy atom. The highest BCUT2D eigenvalue weighted by molar-refractivity contribution is 7.09. The van der Waals surface area contributed by atoms with Gasteiger partial charge in [0.1, 0.15) is 0 Å². The first kappa shape index (κ1) is 14.2. The first-order valence-corrected chi connectivity index (χ1v) is 6.42. The molecule has 1 rings (SSSR count). The lowest BCUT2D eigenvalue weighted by atomic mass is 10.1. The minimum Gasteiger partial charge on any atom is -0.389 e. The van der Waals surface area contributed by atoms with Crippen molar-refractivity contribution in [3.8, 4) is 12.3 Å². The van der Waals surface area contributed by atoms with Gasteiger partial charge in [0.25, 0.3) is 0 Å². The number of aliphatic hydroxyl groups is 1. The molecule has 0 aliphatic rings. The lowest BCUT2D eigenvalue weighted by Crippen LogP contribution is -2.43. The van der Waals surface area contributed by atoms with Crippen LogP contribution in [0.2, 0.25) is 0 Å². The summed E-state index contributed by atoms with van der Waals surface area (Å²) in [4.78, 5) is 1.16. The number of hydrogen-bond donors (Lipinski definition) is 2. The summed E-state index contributed by atoms with van der Waals surface area (Å²) in [5.41, 5.74) is -0.394. The predicted octanol–water partition coefficient (Wildman–Crippen LogP) is 1.63. The predicted molar refractivity (Wildman–Crippen MR) is 70.9 cm³/mol. The van der Waals surface area contributed by atoms with Crippen LogP contribution in [-0.2, 0) is 11.3 Å². The summed E-state index contributed by atoms with van der Waals surface area (Å²) in [5, 5.41) is 14.8. The molecule has 0 saturated carbocycles. The maximum Gasteiger partial charge on any atom is 0.0898 e. The summed E-state index contributed by atoms with van der Waals surface area (Å²) < 4.78 is 5.41. The second-order valence-corrected chi connectivity index (χ2v) is 5.43. The molecule has 17 heavy (non-hydrogen) atoms. The molecule has 1 unspecified atom stereocenters. The van der Waals surface area contributed by atoms with Crippen molar-refractivity contribution in [2.75, 3.05) is 13.2 Å². The summed E-state index contributed by atoms with van der Waals surface area (Å²) in [7, 11) is 0. The first-order valence-electron chi connectivity index (χ1n) is 5.54. The molecule has 0 amide bonds. The summed E-state index contributed by atoms with van der Waals surface area (Å²) in [6.45, 7) is 5.08. The van der Waals surface area contributed by atoms with Gasteiger partial charge in [-0.1, -0.05) is 12.0 Å². The second kappa shape index (κ2) is 6.77. The second-order valence-electron chi connectivity index (χ2n) is 4.40. The standard InChI is InChI=1S/C13H19NO2S/c1-4-13(2,3)14-8-11(15)9-16-10-12-6-5-7-17-12/h1,5-7,11,14-15H,8-10H2,2-3H3. The van der Waals surface area contributed by atoms with Gasteiger partial charge in [-0.05, 0) is 25.3 Å². The van der Waals surface area contributed by atoms with Crippen LogP contribution < -0.4 is 5.32 Å². The van der Waals surface area contributed by atoms with Gasteiger partial charge >= 0.3 is 0 Å². The summed E-state index contributed by atoms with van der Waals surface area (Å²) in [6.07, 6.45) is 4.79. The van der Waals surface area contributed by atoms with Gasteiger partial charge in [0.2, 0.25) is 0 Å². The summed E-state index contributed by atoms with van der Waals surface area (Å²) >= 11 is 1.65. The zero-order valence-corrected chi connectivity index (χ0v) is 11.1. The van der Waals surface area contributed by atoms with Crippen LogP contribution >= 0.6 is 11.3 Å². The maximum absolute atomic E-state index is 9.68. The summed E-state index contributed by atoms with van der Waals surface area (Å²) in [6, 6.07) is 3.99. The van der Waals surface area contributed by atoms with E-state index in [-0.39, 0.29) is 0 Å². The molecule has 1 atom stereocenters. The molecule has 1 heterocycles. The van der Waals surface area contributed by atoms with E-state index in [0.717, 1.165) is 4.88 Å². The number of rotatable bonds is 7. The molecule has 0 aliphatic carbocycles. The van der Waals surface area contributed by atoms with Gasteiger partial charge in [0, 0.05) is 11.4 Å². The molecule has 0 fully saturated rings. The largest absolute Gasteiger partial charge is 0.389 e. The van der Waals surface area contributed by atoms with E-state index in [0.29, 0.717) is 19.8 Å². The number of thiophene rings is 1. The molecule has 4 heteroatoms. The number of hydrogen-bond acceptors (Lipinski definition) is 4. The molecule has 1 aromatic rings. The van der Waals surface area contributed by atoms with Crippen LogP contribution in [0, 0.1) is 12.3 Å². The Morgan fingerprint density at radius 3 is 3.00 bits per heavy atom. The van der Waals surface area contributed by atoms with Crippen molar-refractivity contribution in [3.63, 3.8) is 0 Å². The Balaban J connectivity index is 2.14. The molecule has 2 N–H and O–H groups in total. The number of aliphatic hydroxyl groups excluding tert-OH is 1. The van der Waals surface area contributed by atoms with E-state index in [2.05, 4.69) is 11.2 Å². The molecule has 0 aromatic carbocycles. The smallest absolute Gasteiger partial charge is 0.0898 e. The lowest BCUT2D eigenvalue weighted by Gasteiger charge is -2.21. The van der Waals surface area contributed by atoms with Crippen LogP contribution in [0.25, 0.3) is 0 Å². The highest BCUT2D eigenvalue weighted by Crippen LogP contribution is 2.09. The Labute approximate surface area is 107 Å². The monoisotopic (exact) mass is 253 g/mol. The molecular formula is C13H19NO2S. The van der Waals surface area contributed by atoms with Crippen LogP contribution in [0.4, 0.5) is 0 Å². The van der Waals surface area contributed by atoms with Crippen molar-refractivity contribution in [1.29, 1.82) is 0 Å². The first-order chi connectivity index (χ1) is 8.03. The van der Waals surface area contributed by atoms with E-state index < -0.39 is 11.6 Å². The molecule has 0 bridgehead atoms. The fourth-order valence-electron chi connectivity index (χ4n) is 1.17. The van der Waals surface area contributed by atoms with Crippen LogP contribution in [0.3, 0.4) is 0 Å². The van der Waals surface area contributed by atoms with Gasteiger partial charge in [-0.25, -0.2) is 0 Å². The molecule has 0 aliphatic heterocycles. The van der Waals surface area contributed by atoms with Crippen LogP contribution in [0.5, 0.6) is 0 Å². The number of nitrogens with one attached hydrogen (secondary N) is 1. The van der Waals surface area contributed by atoms with E-state index in [9.17, 15) is 5.11 Å². The van der Waals surface area contributed by atoms with Crippen molar-refractivity contribution < 1.29 is 9.84 Å².